The SMILES string of the molecule is CC(C)Cc1nc2sc3c(ncn4c(SCC(=O)N[C@H](C)CCc5ccccc5)nnc34)c2c2c1CCCC2. The van der Waals surface area contributed by atoms with E-state index in [1.54, 1.807) is 11.3 Å². The number of aromatic nitrogens is 5. The van der Waals surface area contributed by atoms with Crippen molar-refractivity contribution in [1.29, 1.82) is 0 Å². The van der Waals surface area contributed by atoms with Gasteiger partial charge in [0.2, 0.25) is 5.91 Å². The summed E-state index contributed by atoms with van der Waals surface area (Å²) >= 11 is 3.06. The summed E-state index contributed by atoms with van der Waals surface area (Å²) in [4.78, 5) is 23.8. The Labute approximate surface area is 236 Å². The second-order valence-electron chi connectivity index (χ2n) is 11.0. The van der Waals surface area contributed by atoms with E-state index in [1.807, 2.05) is 28.9 Å². The van der Waals surface area contributed by atoms with E-state index in [1.165, 1.54) is 52.4 Å². The van der Waals surface area contributed by atoms with Gasteiger partial charge < -0.3 is 5.32 Å². The highest BCUT2D eigenvalue weighted by Crippen LogP contribution is 2.40. The van der Waals surface area contributed by atoms with Crippen LogP contribution in [0.2, 0.25) is 0 Å². The minimum atomic E-state index is 0.00159. The van der Waals surface area contributed by atoms with Gasteiger partial charge in [-0.15, -0.1) is 21.5 Å². The fourth-order valence-corrected chi connectivity index (χ4v) is 7.45. The number of pyridine rings is 1. The van der Waals surface area contributed by atoms with Gasteiger partial charge >= 0.3 is 0 Å². The number of thiophene rings is 1. The normalized spacial score (nSPS) is 14.4. The van der Waals surface area contributed by atoms with E-state index in [0.29, 0.717) is 11.1 Å². The first kappa shape index (κ1) is 26.2. The maximum absolute atomic E-state index is 12.7. The van der Waals surface area contributed by atoms with E-state index in [4.69, 9.17) is 9.97 Å². The first-order valence-corrected chi connectivity index (χ1v) is 15.7. The number of carbonyl (C=O) groups is 1. The molecule has 5 aromatic rings. The standard InChI is InChI=1S/C30H34N6OS2/c1-18(2)15-23-21-11-7-8-12-22(21)25-26-27(39-29(25)33-23)28-34-35-30(36(28)17-31-26)38-16-24(37)32-19(3)13-14-20-9-5-4-6-10-20/h4-6,9-10,17-19H,7-8,11-16H2,1-3H3,(H,32,37)/t19-/m1/s1. The van der Waals surface area contributed by atoms with Gasteiger partial charge in [-0.1, -0.05) is 55.9 Å². The monoisotopic (exact) mass is 558 g/mol. The number of hydrogen-bond acceptors (Lipinski definition) is 7. The van der Waals surface area contributed by atoms with Crippen LogP contribution < -0.4 is 5.32 Å². The third-order valence-electron chi connectivity index (χ3n) is 7.44. The molecule has 1 amide bonds. The number of amides is 1. The number of aryl methyl sites for hydroxylation is 2. The quantitative estimate of drug-likeness (QED) is 0.217. The number of thioether (sulfide) groups is 1. The zero-order valence-corrected chi connectivity index (χ0v) is 24.4. The minimum absolute atomic E-state index is 0.00159. The third kappa shape index (κ3) is 5.39. The van der Waals surface area contributed by atoms with Gasteiger partial charge in [-0.3, -0.25) is 9.20 Å². The molecule has 7 nitrogen and oxygen atoms in total. The molecule has 0 radical (unpaired) electrons. The average Bonchev–Trinajstić information content (AvgIpc) is 3.52. The van der Waals surface area contributed by atoms with Gasteiger partial charge in [0.15, 0.2) is 10.8 Å². The number of carbonyl (C=O) groups excluding carboxylic acids is 1. The molecule has 6 rings (SSSR count). The zero-order chi connectivity index (χ0) is 26.9. The topological polar surface area (TPSA) is 85.1 Å². The Hall–Kier alpha value is -3.04. The third-order valence-corrected chi connectivity index (χ3v) is 9.45. The van der Waals surface area contributed by atoms with Crippen LogP contribution in [0, 0.1) is 5.92 Å². The molecule has 1 aromatic carbocycles. The van der Waals surface area contributed by atoms with Gasteiger partial charge in [0.25, 0.3) is 0 Å². The Balaban J connectivity index is 1.21. The Morgan fingerprint density at radius 3 is 2.69 bits per heavy atom. The first-order valence-electron chi connectivity index (χ1n) is 13.9. The lowest BCUT2D eigenvalue weighted by molar-refractivity contribution is -0.119. The van der Waals surface area contributed by atoms with Gasteiger partial charge in [0.1, 0.15) is 15.9 Å². The summed E-state index contributed by atoms with van der Waals surface area (Å²) in [5, 5.41) is 14.0. The van der Waals surface area contributed by atoms with Crippen molar-refractivity contribution in [2.75, 3.05) is 5.75 Å². The van der Waals surface area contributed by atoms with Crippen molar-refractivity contribution in [2.24, 2.45) is 5.92 Å². The highest BCUT2D eigenvalue weighted by atomic mass is 32.2. The van der Waals surface area contributed by atoms with Crippen molar-refractivity contribution in [1.82, 2.24) is 29.9 Å². The van der Waals surface area contributed by atoms with Crippen LogP contribution in [0.1, 0.15) is 62.4 Å². The van der Waals surface area contributed by atoms with Crippen molar-refractivity contribution in [3.8, 4) is 0 Å². The Morgan fingerprint density at radius 2 is 1.90 bits per heavy atom. The lowest BCUT2D eigenvalue weighted by atomic mass is 9.87. The summed E-state index contributed by atoms with van der Waals surface area (Å²) in [5.74, 6) is 0.858. The molecule has 0 aliphatic heterocycles. The fourth-order valence-electron chi connectivity index (χ4n) is 5.58. The number of nitrogens with one attached hydrogen (secondary N) is 1. The Morgan fingerprint density at radius 1 is 1.10 bits per heavy atom. The molecule has 202 valence electrons. The van der Waals surface area contributed by atoms with E-state index < -0.39 is 0 Å². The first-order chi connectivity index (χ1) is 19.0. The van der Waals surface area contributed by atoms with Crippen molar-refractivity contribution in [3.63, 3.8) is 0 Å². The molecule has 0 spiro atoms. The van der Waals surface area contributed by atoms with Crippen LogP contribution in [-0.2, 0) is 30.5 Å². The van der Waals surface area contributed by atoms with Gasteiger partial charge in [0, 0.05) is 17.1 Å². The highest BCUT2D eigenvalue weighted by molar-refractivity contribution is 7.99. The van der Waals surface area contributed by atoms with E-state index >= 15 is 0 Å². The second kappa shape index (κ2) is 11.2. The molecule has 0 bridgehead atoms. The van der Waals surface area contributed by atoms with Gasteiger partial charge in [-0.25, -0.2) is 9.97 Å². The van der Waals surface area contributed by atoms with Crippen molar-refractivity contribution in [2.45, 2.75) is 76.9 Å². The highest BCUT2D eigenvalue weighted by Gasteiger charge is 2.24. The molecule has 1 atom stereocenters. The van der Waals surface area contributed by atoms with Crippen LogP contribution in [-0.4, -0.2) is 42.3 Å². The Kier molecular flexibility index (Phi) is 7.53. The van der Waals surface area contributed by atoms with Crippen LogP contribution in [0.5, 0.6) is 0 Å². The molecule has 0 fully saturated rings. The molecule has 4 aromatic heterocycles. The van der Waals surface area contributed by atoms with Crippen LogP contribution in [0.4, 0.5) is 0 Å². The van der Waals surface area contributed by atoms with Crippen molar-refractivity contribution >= 4 is 55.1 Å². The van der Waals surface area contributed by atoms with Crippen LogP contribution in [0.25, 0.3) is 26.1 Å². The summed E-state index contributed by atoms with van der Waals surface area (Å²) in [7, 11) is 0. The Bertz CT molecular complexity index is 1640. The van der Waals surface area contributed by atoms with Crippen molar-refractivity contribution < 1.29 is 4.79 Å². The molecule has 4 heterocycles. The molecule has 0 unspecified atom stereocenters. The van der Waals surface area contributed by atoms with E-state index in [0.717, 1.165) is 52.8 Å². The molecule has 1 N–H and O–H groups in total. The van der Waals surface area contributed by atoms with Crippen molar-refractivity contribution in [3.05, 3.63) is 59.0 Å². The molecule has 0 saturated carbocycles. The minimum Gasteiger partial charge on any atom is -0.353 e. The molecular weight excluding hydrogens is 525 g/mol. The number of fused-ring (bicyclic) bond motifs is 7. The smallest absolute Gasteiger partial charge is 0.230 e. The molecule has 0 saturated heterocycles. The second-order valence-corrected chi connectivity index (χ2v) is 12.9. The zero-order valence-electron chi connectivity index (χ0n) is 22.7. The lowest BCUT2D eigenvalue weighted by Gasteiger charge is -2.20. The molecule has 39 heavy (non-hydrogen) atoms. The predicted molar refractivity (Wildman–Crippen MR) is 160 cm³/mol. The summed E-state index contributed by atoms with van der Waals surface area (Å²) in [6.07, 6.45) is 9.30. The number of nitrogens with zero attached hydrogens (tertiary/aromatic N) is 5. The largest absolute Gasteiger partial charge is 0.353 e. The van der Waals surface area contributed by atoms with Gasteiger partial charge in [-0.2, -0.15) is 0 Å². The molecule has 1 aliphatic carbocycles. The van der Waals surface area contributed by atoms with Gasteiger partial charge in [0.05, 0.1) is 11.3 Å². The maximum atomic E-state index is 12.7. The molecule has 1 aliphatic rings. The van der Waals surface area contributed by atoms with E-state index in [2.05, 4.69) is 48.4 Å². The van der Waals surface area contributed by atoms with Crippen LogP contribution in [0.15, 0.2) is 41.8 Å². The average molecular weight is 559 g/mol. The van der Waals surface area contributed by atoms with E-state index in [-0.39, 0.29) is 17.7 Å². The van der Waals surface area contributed by atoms with Crippen LogP contribution >= 0.6 is 23.1 Å². The number of benzene rings is 1. The summed E-state index contributed by atoms with van der Waals surface area (Å²) in [6, 6.07) is 10.5. The summed E-state index contributed by atoms with van der Waals surface area (Å²) in [5.41, 5.74) is 7.21. The molecule has 9 heteroatoms. The number of hydrogen-bond donors (Lipinski definition) is 1. The molecular formula is C30H34N6OS2. The fraction of sp³-hybridized carbons (Fsp3) is 0.433. The van der Waals surface area contributed by atoms with Crippen LogP contribution in [0.3, 0.4) is 0 Å². The summed E-state index contributed by atoms with van der Waals surface area (Å²) < 4.78 is 2.93. The number of rotatable bonds is 9. The predicted octanol–water partition coefficient (Wildman–Crippen LogP) is 6.19. The maximum Gasteiger partial charge on any atom is 0.230 e. The lowest BCUT2D eigenvalue weighted by Crippen LogP contribution is -2.34. The van der Waals surface area contributed by atoms with Gasteiger partial charge in [-0.05, 0) is 74.5 Å². The van der Waals surface area contributed by atoms with E-state index in [9.17, 15) is 4.79 Å². The summed E-state index contributed by atoms with van der Waals surface area (Å²) in [6.45, 7) is 6.58.